The summed E-state index contributed by atoms with van der Waals surface area (Å²) in [6.45, 7) is 1.41. The van der Waals surface area contributed by atoms with Crippen LogP contribution >= 0.6 is 12.4 Å². The molecule has 1 heterocycles. The van der Waals surface area contributed by atoms with E-state index >= 15 is 0 Å². The van der Waals surface area contributed by atoms with Gasteiger partial charge in [0, 0.05) is 18.2 Å². The van der Waals surface area contributed by atoms with Gasteiger partial charge in [-0.1, -0.05) is 0 Å². The van der Waals surface area contributed by atoms with Crippen LogP contribution in [0.25, 0.3) is 0 Å². The van der Waals surface area contributed by atoms with Crippen molar-refractivity contribution in [3.63, 3.8) is 0 Å². The van der Waals surface area contributed by atoms with Gasteiger partial charge in [0.05, 0.1) is 5.56 Å². The highest BCUT2D eigenvalue weighted by Gasteiger charge is 2.32. The molecule has 0 saturated carbocycles. The van der Waals surface area contributed by atoms with E-state index in [1.165, 1.54) is 0 Å². The topological polar surface area (TPSA) is 41.1 Å². The largest absolute Gasteiger partial charge is 0.416 e. The maximum Gasteiger partial charge on any atom is 0.416 e. The Morgan fingerprint density at radius 2 is 2.00 bits per heavy atom. The van der Waals surface area contributed by atoms with E-state index in [0.29, 0.717) is 18.7 Å². The van der Waals surface area contributed by atoms with Crippen molar-refractivity contribution < 1.29 is 22.4 Å². The number of piperidine rings is 1. The third kappa shape index (κ3) is 4.86. The fourth-order valence-corrected chi connectivity index (χ4v) is 2.13. The first kappa shape index (κ1) is 17.7. The summed E-state index contributed by atoms with van der Waals surface area (Å²) in [5.74, 6) is -1.77. The Balaban J connectivity index is 0.00000220. The highest BCUT2D eigenvalue weighted by atomic mass is 35.5. The normalized spacial score (nSPS) is 18.8. The summed E-state index contributed by atoms with van der Waals surface area (Å²) < 4.78 is 50.9. The van der Waals surface area contributed by atoms with E-state index in [1.807, 2.05) is 0 Å². The first-order valence-corrected chi connectivity index (χ1v) is 6.25. The number of alkyl halides is 3. The number of benzene rings is 1. The molecule has 1 fully saturated rings. The molecule has 1 aromatic carbocycles. The van der Waals surface area contributed by atoms with Gasteiger partial charge in [-0.05, 0) is 37.6 Å². The van der Waals surface area contributed by atoms with Crippen molar-refractivity contribution in [2.24, 2.45) is 0 Å². The Bertz CT molecular complexity index is 501. The maximum atomic E-state index is 13.2. The highest BCUT2D eigenvalue weighted by Crippen LogP contribution is 2.30. The van der Waals surface area contributed by atoms with Crippen molar-refractivity contribution in [3.05, 3.63) is 35.1 Å². The van der Waals surface area contributed by atoms with Crippen LogP contribution in [0.2, 0.25) is 0 Å². The van der Waals surface area contributed by atoms with E-state index in [4.69, 9.17) is 0 Å². The predicted octanol–water partition coefficient (Wildman–Crippen LogP) is 2.75. The third-order valence-corrected chi connectivity index (χ3v) is 3.12. The van der Waals surface area contributed by atoms with E-state index < -0.39 is 23.5 Å². The van der Waals surface area contributed by atoms with Gasteiger partial charge in [0.15, 0.2) is 0 Å². The van der Waals surface area contributed by atoms with E-state index in [0.717, 1.165) is 25.5 Å². The van der Waals surface area contributed by atoms with Crippen LogP contribution in [0.15, 0.2) is 18.2 Å². The van der Waals surface area contributed by atoms with Gasteiger partial charge in [-0.2, -0.15) is 13.2 Å². The van der Waals surface area contributed by atoms with E-state index in [2.05, 4.69) is 10.6 Å². The number of halogens is 5. The zero-order chi connectivity index (χ0) is 14.8. The van der Waals surface area contributed by atoms with Gasteiger partial charge >= 0.3 is 6.18 Å². The minimum atomic E-state index is -4.68. The number of carbonyl (C=O) groups excluding carboxylic acids is 1. The minimum absolute atomic E-state index is 0. The smallest absolute Gasteiger partial charge is 0.348 e. The molecule has 0 radical (unpaired) electrons. The summed E-state index contributed by atoms with van der Waals surface area (Å²) in [5.41, 5.74) is -1.48. The maximum absolute atomic E-state index is 13.2. The molecule has 118 valence electrons. The second-order valence-corrected chi connectivity index (χ2v) is 4.74. The summed E-state index contributed by atoms with van der Waals surface area (Å²) in [7, 11) is 0. The van der Waals surface area contributed by atoms with Crippen molar-refractivity contribution in [2.75, 3.05) is 13.1 Å². The molecule has 0 bridgehead atoms. The van der Waals surface area contributed by atoms with Gasteiger partial charge in [-0.15, -0.1) is 12.4 Å². The van der Waals surface area contributed by atoms with Gasteiger partial charge < -0.3 is 10.6 Å². The van der Waals surface area contributed by atoms with Crippen LogP contribution in [0, 0.1) is 5.82 Å². The minimum Gasteiger partial charge on any atom is -0.348 e. The lowest BCUT2D eigenvalue weighted by Crippen LogP contribution is -2.45. The fourth-order valence-electron chi connectivity index (χ4n) is 2.13. The molecular formula is C13H15ClF4N2O. The van der Waals surface area contributed by atoms with Crippen LogP contribution in [0.5, 0.6) is 0 Å². The average molecular weight is 327 g/mol. The number of hydrogen-bond acceptors (Lipinski definition) is 2. The van der Waals surface area contributed by atoms with Crippen molar-refractivity contribution in [1.82, 2.24) is 10.6 Å². The number of rotatable bonds is 2. The van der Waals surface area contributed by atoms with Crippen LogP contribution in [-0.2, 0) is 6.18 Å². The highest BCUT2D eigenvalue weighted by molar-refractivity contribution is 5.94. The molecule has 0 aromatic heterocycles. The van der Waals surface area contributed by atoms with Crippen molar-refractivity contribution in [3.8, 4) is 0 Å². The Morgan fingerprint density at radius 3 is 2.57 bits per heavy atom. The van der Waals surface area contributed by atoms with Crippen molar-refractivity contribution in [1.29, 1.82) is 0 Å². The molecule has 8 heteroatoms. The molecule has 1 amide bonds. The number of nitrogens with one attached hydrogen (secondary N) is 2. The molecule has 0 aliphatic carbocycles. The molecule has 21 heavy (non-hydrogen) atoms. The summed E-state index contributed by atoms with van der Waals surface area (Å²) >= 11 is 0. The molecule has 2 N–H and O–H groups in total. The molecular weight excluding hydrogens is 312 g/mol. The second-order valence-electron chi connectivity index (χ2n) is 4.74. The summed E-state index contributed by atoms with van der Waals surface area (Å²) in [6.07, 6.45) is -3.05. The monoisotopic (exact) mass is 326 g/mol. The van der Waals surface area contributed by atoms with E-state index in [1.54, 1.807) is 0 Å². The van der Waals surface area contributed by atoms with Crippen LogP contribution in [0.3, 0.4) is 0 Å². The van der Waals surface area contributed by atoms with Gasteiger partial charge in [0.2, 0.25) is 0 Å². The number of amides is 1. The van der Waals surface area contributed by atoms with E-state index in [9.17, 15) is 22.4 Å². The Hall–Kier alpha value is -1.34. The van der Waals surface area contributed by atoms with Crippen LogP contribution in [0.1, 0.15) is 28.8 Å². The van der Waals surface area contributed by atoms with Crippen molar-refractivity contribution in [2.45, 2.75) is 25.1 Å². The first-order valence-electron chi connectivity index (χ1n) is 6.25. The van der Waals surface area contributed by atoms with Crippen molar-refractivity contribution >= 4 is 18.3 Å². The zero-order valence-corrected chi connectivity index (χ0v) is 11.8. The van der Waals surface area contributed by atoms with Crippen LogP contribution in [0.4, 0.5) is 17.6 Å². The molecule has 2 rings (SSSR count). The molecule has 1 aliphatic heterocycles. The summed E-state index contributed by atoms with van der Waals surface area (Å²) in [4.78, 5) is 11.9. The third-order valence-electron chi connectivity index (χ3n) is 3.12. The second kappa shape index (κ2) is 7.09. The lowest BCUT2D eigenvalue weighted by Gasteiger charge is -2.24. The molecule has 1 saturated heterocycles. The predicted molar refractivity (Wildman–Crippen MR) is 72.0 cm³/mol. The summed E-state index contributed by atoms with van der Waals surface area (Å²) in [5, 5.41) is 5.68. The zero-order valence-electron chi connectivity index (χ0n) is 11.0. The fraction of sp³-hybridized carbons (Fsp3) is 0.462. The molecule has 1 aliphatic rings. The van der Waals surface area contributed by atoms with Crippen LogP contribution < -0.4 is 10.6 Å². The Labute approximate surface area is 125 Å². The first-order chi connectivity index (χ1) is 9.36. The lowest BCUT2D eigenvalue weighted by molar-refractivity contribution is -0.137. The number of hydrogen-bond donors (Lipinski definition) is 2. The molecule has 1 aromatic rings. The molecule has 1 atom stereocenters. The molecule has 3 nitrogen and oxygen atoms in total. The van der Waals surface area contributed by atoms with Gasteiger partial charge in [-0.25, -0.2) is 4.39 Å². The standard InChI is InChI=1S/C13H14F4N2O.ClH/c14-10-5-8(4-9(6-10)13(15,16)17)12(20)19-11-2-1-3-18-7-11;/h4-6,11,18H,1-3,7H2,(H,19,20);1H/t11-;/m0./s1. The average Bonchev–Trinajstić information content (AvgIpc) is 2.38. The Morgan fingerprint density at radius 1 is 1.29 bits per heavy atom. The van der Waals surface area contributed by atoms with Crippen LogP contribution in [-0.4, -0.2) is 25.0 Å². The van der Waals surface area contributed by atoms with E-state index in [-0.39, 0.29) is 24.0 Å². The summed E-state index contributed by atoms with van der Waals surface area (Å²) in [6, 6.07) is 1.70. The quantitative estimate of drug-likeness (QED) is 0.821. The number of carbonyl (C=O) groups is 1. The lowest BCUT2D eigenvalue weighted by atomic mass is 10.1. The Kier molecular flexibility index (Phi) is 5.98. The SMILES string of the molecule is Cl.O=C(N[C@H]1CCCNC1)c1cc(F)cc(C(F)(F)F)c1. The van der Waals surface area contributed by atoms with Gasteiger partial charge in [0.25, 0.3) is 5.91 Å². The molecule has 0 spiro atoms. The van der Waals surface area contributed by atoms with Gasteiger partial charge in [0.1, 0.15) is 5.82 Å². The molecule has 0 unspecified atom stereocenters. The van der Waals surface area contributed by atoms with Gasteiger partial charge in [-0.3, -0.25) is 4.79 Å².